The van der Waals surface area contributed by atoms with E-state index in [0.717, 1.165) is 32.1 Å². The lowest BCUT2D eigenvalue weighted by Crippen LogP contribution is -2.05. The van der Waals surface area contributed by atoms with E-state index >= 15 is 0 Å². The van der Waals surface area contributed by atoms with Crippen molar-refractivity contribution < 1.29 is 19.8 Å². The Morgan fingerprint density at radius 3 is 1.71 bits per heavy atom. The summed E-state index contributed by atoms with van der Waals surface area (Å²) in [6, 6.07) is 0. The highest BCUT2D eigenvalue weighted by Crippen LogP contribution is 2.10. The molecule has 100 valence electrons. The minimum Gasteiger partial charge on any atom is -0.481 e. The third-order valence-electron chi connectivity index (χ3n) is 2.71. The Morgan fingerprint density at radius 2 is 1.24 bits per heavy atom. The number of carbonyl (C=O) groups excluding carboxylic acids is 1. The van der Waals surface area contributed by atoms with Crippen LogP contribution in [-0.4, -0.2) is 28.6 Å². The first-order valence-corrected chi connectivity index (χ1v) is 6.51. The van der Waals surface area contributed by atoms with Gasteiger partial charge in [0.2, 0.25) is 0 Å². The van der Waals surface area contributed by atoms with Gasteiger partial charge in [-0.05, 0) is 12.8 Å². The van der Waals surface area contributed by atoms with Crippen molar-refractivity contribution in [1.82, 2.24) is 0 Å². The molecule has 0 amide bonds. The minimum atomic E-state index is -1.03. The third-order valence-corrected chi connectivity index (χ3v) is 2.71. The summed E-state index contributed by atoms with van der Waals surface area (Å²) in [6.07, 6.45) is 8.49. The average Bonchev–Trinajstić information content (AvgIpc) is 2.26. The monoisotopic (exact) mass is 244 g/mol. The van der Waals surface area contributed by atoms with Crippen LogP contribution in [0.5, 0.6) is 0 Å². The van der Waals surface area contributed by atoms with Crippen LogP contribution in [0, 0.1) is 0 Å². The van der Waals surface area contributed by atoms with E-state index in [1.165, 1.54) is 19.3 Å². The topological polar surface area (TPSA) is 74.6 Å². The first-order chi connectivity index (χ1) is 8.16. The lowest BCUT2D eigenvalue weighted by Gasteiger charge is -2.01. The van der Waals surface area contributed by atoms with Crippen molar-refractivity contribution >= 4 is 11.8 Å². The van der Waals surface area contributed by atoms with Gasteiger partial charge in [0.05, 0.1) is 0 Å². The van der Waals surface area contributed by atoms with Crippen LogP contribution in [0.15, 0.2) is 0 Å². The largest absolute Gasteiger partial charge is 0.481 e. The second-order valence-corrected chi connectivity index (χ2v) is 4.41. The molecule has 0 saturated heterocycles. The number of carbonyl (C=O) groups is 2. The molecule has 0 aliphatic heterocycles. The first kappa shape index (κ1) is 16.1. The molecule has 0 radical (unpaired) electrons. The number of aliphatic hydroxyl groups is 1. The number of hydrogen-bond acceptors (Lipinski definition) is 3. The zero-order chi connectivity index (χ0) is 12.9. The fourth-order valence-electron chi connectivity index (χ4n) is 1.75. The summed E-state index contributed by atoms with van der Waals surface area (Å²) >= 11 is 0. The maximum atomic E-state index is 11.1. The zero-order valence-corrected chi connectivity index (χ0v) is 10.5. The van der Waals surface area contributed by atoms with Crippen molar-refractivity contribution in [2.45, 2.75) is 64.2 Å². The Kier molecular flexibility index (Phi) is 11.0. The molecule has 0 bridgehead atoms. The van der Waals surface area contributed by atoms with Crippen molar-refractivity contribution in [1.29, 1.82) is 0 Å². The van der Waals surface area contributed by atoms with E-state index in [0.29, 0.717) is 6.42 Å². The van der Waals surface area contributed by atoms with Gasteiger partial charge < -0.3 is 10.2 Å². The van der Waals surface area contributed by atoms with Crippen LogP contribution < -0.4 is 0 Å². The molecule has 4 nitrogen and oxygen atoms in total. The highest BCUT2D eigenvalue weighted by Gasteiger charge is 2.06. The Labute approximate surface area is 103 Å². The predicted molar refractivity (Wildman–Crippen MR) is 65.9 cm³/mol. The normalized spacial score (nSPS) is 10.4. The van der Waals surface area contributed by atoms with Gasteiger partial charge in [-0.3, -0.25) is 9.59 Å². The summed E-state index contributed by atoms with van der Waals surface area (Å²) in [7, 11) is 0. The second-order valence-electron chi connectivity index (χ2n) is 4.41. The Morgan fingerprint density at radius 1 is 0.765 bits per heavy atom. The molecule has 0 unspecified atom stereocenters. The number of hydrogen-bond donors (Lipinski definition) is 2. The number of rotatable bonds is 12. The van der Waals surface area contributed by atoms with Crippen molar-refractivity contribution in [3.8, 4) is 0 Å². The number of carboxylic acid groups (broad SMARTS) is 1. The van der Waals surface area contributed by atoms with Crippen molar-refractivity contribution in [3.63, 3.8) is 0 Å². The molecule has 0 saturated carbocycles. The maximum Gasteiger partial charge on any atom is 0.310 e. The highest BCUT2D eigenvalue weighted by atomic mass is 16.4. The standard InChI is InChI=1S/C13H24O4/c14-10-8-6-4-2-1-3-5-7-9-12(15)11-13(16)17/h14H,1-11H2,(H,16,17). The van der Waals surface area contributed by atoms with Crippen LogP contribution in [0.3, 0.4) is 0 Å². The summed E-state index contributed by atoms with van der Waals surface area (Å²) in [5, 5.41) is 17.0. The molecule has 2 N–H and O–H groups in total. The average molecular weight is 244 g/mol. The van der Waals surface area contributed by atoms with Crippen molar-refractivity contribution in [3.05, 3.63) is 0 Å². The van der Waals surface area contributed by atoms with Gasteiger partial charge in [0.15, 0.2) is 0 Å². The lowest BCUT2D eigenvalue weighted by atomic mass is 10.1. The maximum absolute atomic E-state index is 11.1. The Hall–Kier alpha value is -0.900. The van der Waals surface area contributed by atoms with E-state index in [1.54, 1.807) is 0 Å². The summed E-state index contributed by atoms with van der Waals surface area (Å²) < 4.78 is 0. The van der Waals surface area contributed by atoms with Crippen LogP contribution >= 0.6 is 0 Å². The smallest absolute Gasteiger partial charge is 0.310 e. The zero-order valence-electron chi connectivity index (χ0n) is 10.5. The number of Topliss-reactive ketones (excluding diaryl/α,β-unsaturated/α-hetero) is 1. The van der Waals surface area contributed by atoms with E-state index in [-0.39, 0.29) is 18.8 Å². The van der Waals surface area contributed by atoms with Gasteiger partial charge in [-0.25, -0.2) is 0 Å². The van der Waals surface area contributed by atoms with Gasteiger partial charge >= 0.3 is 5.97 Å². The molecule has 0 atom stereocenters. The van der Waals surface area contributed by atoms with E-state index in [2.05, 4.69) is 0 Å². The second kappa shape index (κ2) is 11.6. The summed E-state index contributed by atoms with van der Waals surface area (Å²) in [4.78, 5) is 21.3. The molecule has 17 heavy (non-hydrogen) atoms. The van der Waals surface area contributed by atoms with Crippen LogP contribution in [-0.2, 0) is 9.59 Å². The van der Waals surface area contributed by atoms with E-state index < -0.39 is 5.97 Å². The van der Waals surface area contributed by atoms with Crippen molar-refractivity contribution in [2.75, 3.05) is 6.61 Å². The van der Waals surface area contributed by atoms with Crippen LogP contribution in [0.4, 0.5) is 0 Å². The van der Waals surface area contributed by atoms with Gasteiger partial charge in [0.1, 0.15) is 12.2 Å². The molecule has 0 aromatic carbocycles. The van der Waals surface area contributed by atoms with Gasteiger partial charge in [-0.1, -0.05) is 38.5 Å². The molecule has 0 fully saturated rings. The fraction of sp³-hybridized carbons (Fsp3) is 0.846. The number of unbranched alkanes of at least 4 members (excludes halogenated alkanes) is 7. The van der Waals surface area contributed by atoms with Crippen LogP contribution in [0.25, 0.3) is 0 Å². The molecule has 0 aromatic heterocycles. The summed E-state index contributed by atoms with van der Waals surface area (Å²) in [5.74, 6) is -1.20. The SMILES string of the molecule is O=C(O)CC(=O)CCCCCCCCCCO. The molecule has 0 aliphatic carbocycles. The first-order valence-electron chi connectivity index (χ1n) is 6.51. The molecule has 0 heterocycles. The fourth-order valence-corrected chi connectivity index (χ4v) is 1.75. The van der Waals surface area contributed by atoms with Gasteiger partial charge in [-0.15, -0.1) is 0 Å². The highest BCUT2D eigenvalue weighted by molar-refractivity contribution is 5.94. The number of aliphatic hydroxyl groups excluding tert-OH is 1. The molecule has 0 aromatic rings. The molecular formula is C13H24O4. The molecule has 0 aliphatic rings. The van der Waals surface area contributed by atoms with E-state index in [4.69, 9.17) is 10.2 Å². The molecule has 4 heteroatoms. The summed E-state index contributed by atoms with van der Waals surface area (Å²) in [6.45, 7) is 0.283. The van der Waals surface area contributed by atoms with Crippen LogP contribution in [0.2, 0.25) is 0 Å². The Balaban J connectivity index is 3.13. The Bertz CT molecular complexity index is 213. The van der Waals surface area contributed by atoms with Gasteiger partial charge in [0.25, 0.3) is 0 Å². The van der Waals surface area contributed by atoms with Crippen LogP contribution in [0.1, 0.15) is 64.2 Å². The number of aliphatic carboxylic acids is 1. The van der Waals surface area contributed by atoms with E-state index in [1.807, 2.05) is 0 Å². The summed E-state index contributed by atoms with van der Waals surface area (Å²) in [5.41, 5.74) is 0. The molecule has 0 rings (SSSR count). The van der Waals surface area contributed by atoms with E-state index in [9.17, 15) is 9.59 Å². The molecular weight excluding hydrogens is 220 g/mol. The lowest BCUT2D eigenvalue weighted by molar-refractivity contribution is -0.140. The third kappa shape index (κ3) is 13.0. The van der Waals surface area contributed by atoms with Gasteiger partial charge in [0, 0.05) is 13.0 Å². The quantitative estimate of drug-likeness (QED) is 0.408. The number of ketones is 1. The predicted octanol–water partition coefficient (Wildman–Crippen LogP) is 2.53. The minimum absolute atomic E-state index is 0.166. The number of carboxylic acids is 1. The van der Waals surface area contributed by atoms with Crippen molar-refractivity contribution in [2.24, 2.45) is 0 Å². The van der Waals surface area contributed by atoms with Gasteiger partial charge in [-0.2, -0.15) is 0 Å². The molecule has 0 spiro atoms.